The topological polar surface area (TPSA) is 118 Å². The zero-order chi connectivity index (χ0) is 20.3. The summed E-state index contributed by atoms with van der Waals surface area (Å²) in [7, 11) is -2.29. The lowest BCUT2D eigenvalue weighted by molar-refractivity contribution is 0.0922. The monoisotopic (exact) mass is 421 g/mol. The Morgan fingerprint density at radius 2 is 1.96 bits per heavy atom. The first-order valence-corrected chi connectivity index (χ1v) is 10.6. The molecule has 0 saturated carbocycles. The number of benzene rings is 2. The van der Waals surface area contributed by atoms with Crippen molar-refractivity contribution in [1.29, 1.82) is 0 Å². The highest BCUT2D eigenvalue weighted by molar-refractivity contribution is 7.93. The number of hydrogen-bond donors (Lipinski definition) is 3. The number of ether oxygens (including phenoxy) is 1. The van der Waals surface area contributed by atoms with E-state index in [4.69, 9.17) is 9.84 Å². The van der Waals surface area contributed by atoms with E-state index >= 15 is 0 Å². The van der Waals surface area contributed by atoms with Crippen molar-refractivity contribution in [1.82, 2.24) is 10.3 Å². The van der Waals surface area contributed by atoms with Gasteiger partial charge < -0.3 is 15.2 Å². The Labute approximate surface area is 166 Å². The zero-order valence-electron chi connectivity index (χ0n) is 15.2. The molecule has 1 heterocycles. The number of thiazole rings is 1. The van der Waals surface area contributed by atoms with E-state index in [0.29, 0.717) is 21.5 Å². The number of methoxy groups -OCH3 is 1. The Kier molecular flexibility index (Phi) is 5.82. The molecule has 0 bridgehead atoms. The number of anilines is 1. The van der Waals surface area contributed by atoms with Gasteiger partial charge in [-0.1, -0.05) is 11.3 Å². The molecule has 0 unspecified atom stereocenters. The molecule has 0 aliphatic rings. The van der Waals surface area contributed by atoms with Crippen molar-refractivity contribution in [2.24, 2.45) is 0 Å². The van der Waals surface area contributed by atoms with Crippen molar-refractivity contribution in [3.8, 4) is 5.75 Å². The van der Waals surface area contributed by atoms with Gasteiger partial charge in [-0.05, 0) is 49.4 Å². The van der Waals surface area contributed by atoms with Crippen molar-refractivity contribution >= 4 is 42.6 Å². The zero-order valence-corrected chi connectivity index (χ0v) is 16.8. The minimum Gasteiger partial charge on any atom is -0.497 e. The summed E-state index contributed by atoms with van der Waals surface area (Å²) in [6.07, 6.45) is 0. The van der Waals surface area contributed by atoms with E-state index in [-0.39, 0.29) is 28.6 Å². The van der Waals surface area contributed by atoms with Crippen LogP contribution in [-0.2, 0) is 10.0 Å². The van der Waals surface area contributed by atoms with Crippen LogP contribution in [0.4, 0.5) is 5.13 Å². The van der Waals surface area contributed by atoms with Crippen LogP contribution < -0.4 is 14.8 Å². The van der Waals surface area contributed by atoms with Crippen LogP contribution >= 0.6 is 11.3 Å². The second-order valence-corrected chi connectivity index (χ2v) is 8.75. The average molecular weight is 422 g/mol. The molecule has 1 aromatic heterocycles. The Morgan fingerprint density at radius 3 is 2.61 bits per heavy atom. The highest BCUT2D eigenvalue weighted by Crippen LogP contribution is 2.29. The van der Waals surface area contributed by atoms with Crippen LogP contribution in [0, 0.1) is 0 Å². The number of carbonyl (C=O) groups excluding carboxylic acids is 1. The molecule has 8 nitrogen and oxygen atoms in total. The molecule has 3 N–H and O–H groups in total. The number of fused-ring (bicyclic) bond motifs is 1. The predicted molar refractivity (Wildman–Crippen MR) is 107 cm³/mol. The molecule has 148 valence electrons. The minimum atomic E-state index is -3.80. The van der Waals surface area contributed by atoms with E-state index in [1.54, 1.807) is 37.3 Å². The Bertz CT molecular complexity index is 1090. The van der Waals surface area contributed by atoms with E-state index in [1.807, 2.05) is 0 Å². The number of nitrogens with one attached hydrogen (secondary N) is 2. The fraction of sp³-hybridized carbons (Fsp3) is 0.222. The molecule has 1 amide bonds. The lowest BCUT2D eigenvalue weighted by atomic mass is 10.2. The van der Waals surface area contributed by atoms with Gasteiger partial charge in [0.05, 0.1) is 28.8 Å². The van der Waals surface area contributed by atoms with Crippen molar-refractivity contribution in [2.75, 3.05) is 18.4 Å². The van der Waals surface area contributed by atoms with Gasteiger partial charge in [0, 0.05) is 11.6 Å². The quantitative estimate of drug-likeness (QED) is 0.538. The number of sulfonamides is 1. The summed E-state index contributed by atoms with van der Waals surface area (Å²) in [6.45, 7) is 1.53. The van der Waals surface area contributed by atoms with Crippen LogP contribution in [0.2, 0.25) is 0 Å². The van der Waals surface area contributed by atoms with Crippen LogP contribution in [0.3, 0.4) is 0 Å². The fourth-order valence-electron chi connectivity index (χ4n) is 2.39. The summed E-state index contributed by atoms with van der Waals surface area (Å²) >= 11 is 1.13. The molecular formula is C18H19N3O5S2. The molecule has 28 heavy (non-hydrogen) atoms. The second kappa shape index (κ2) is 8.13. The Hall–Kier alpha value is -2.69. The number of rotatable bonds is 7. The van der Waals surface area contributed by atoms with Gasteiger partial charge in [-0.3, -0.25) is 9.52 Å². The lowest BCUT2D eigenvalue weighted by Gasteiger charge is -2.10. The van der Waals surface area contributed by atoms with Crippen molar-refractivity contribution < 1.29 is 23.1 Å². The van der Waals surface area contributed by atoms with Crippen LogP contribution in [0.25, 0.3) is 10.2 Å². The molecule has 3 rings (SSSR count). The first kappa shape index (κ1) is 20.1. The first-order chi connectivity index (χ1) is 13.3. The van der Waals surface area contributed by atoms with E-state index in [0.717, 1.165) is 11.3 Å². The van der Waals surface area contributed by atoms with E-state index in [1.165, 1.54) is 19.2 Å². The Morgan fingerprint density at radius 1 is 1.25 bits per heavy atom. The van der Waals surface area contributed by atoms with Gasteiger partial charge in [0.25, 0.3) is 15.9 Å². The van der Waals surface area contributed by atoms with Gasteiger partial charge in [0.15, 0.2) is 5.13 Å². The van der Waals surface area contributed by atoms with Crippen LogP contribution in [0.15, 0.2) is 47.4 Å². The molecule has 0 fully saturated rings. The number of aromatic nitrogens is 1. The normalized spacial score (nSPS) is 12.5. The summed E-state index contributed by atoms with van der Waals surface area (Å²) in [5.74, 6) is 0.234. The Balaban J connectivity index is 1.82. The van der Waals surface area contributed by atoms with Gasteiger partial charge in [0.2, 0.25) is 0 Å². The van der Waals surface area contributed by atoms with Gasteiger partial charge in [0.1, 0.15) is 5.75 Å². The van der Waals surface area contributed by atoms with Crippen molar-refractivity contribution in [3.63, 3.8) is 0 Å². The summed E-state index contributed by atoms with van der Waals surface area (Å²) < 4.78 is 33.2. The maximum atomic E-state index is 12.5. The van der Waals surface area contributed by atoms with E-state index in [2.05, 4.69) is 15.0 Å². The lowest BCUT2D eigenvalue weighted by Crippen LogP contribution is -2.34. The molecule has 0 aliphatic heterocycles. The van der Waals surface area contributed by atoms with E-state index < -0.39 is 10.0 Å². The standard InChI is InChI=1S/C18H19N3O5S2/c1-11(10-22)19-17(23)12-3-8-15-16(9-12)27-18(20-15)21-28(24,25)14-6-4-13(26-2)5-7-14/h3-9,11,22H,10H2,1-2H3,(H,19,23)(H,20,21)/t11-/m0/s1. The average Bonchev–Trinajstić information content (AvgIpc) is 3.08. The third-order valence-corrected chi connectivity index (χ3v) is 6.31. The van der Waals surface area contributed by atoms with Gasteiger partial charge in [-0.25, -0.2) is 13.4 Å². The SMILES string of the molecule is COc1ccc(S(=O)(=O)Nc2nc3ccc(C(=O)N[C@@H](C)CO)cc3s2)cc1. The summed E-state index contributed by atoms with van der Waals surface area (Å²) in [4.78, 5) is 16.5. The van der Waals surface area contributed by atoms with Crippen LogP contribution in [0.5, 0.6) is 5.75 Å². The number of aliphatic hydroxyl groups excluding tert-OH is 1. The van der Waals surface area contributed by atoms with Gasteiger partial charge in [-0.2, -0.15) is 0 Å². The maximum absolute atomic E-state index is 12.5. The van der Waals surface area contributed by atoms with Gasteiger partial charge in [-0.15, -0.1) is 0 Å². The molecule has 2 aromatic carbocycles. The molecule has 0 radical (unpaired) electrons. The smallest absolute Gasteiger partial charge is 0.263 e. The molecule has 10 heteroatoms. The number of amides is 1. The fourth-order valence-corrected chi connectivity index (χ4v) is 4.53. The second-order valence-electron chi connectivity index (χ2n) is 6.04. The number of aliphatic hydroxyl groups is 1. The van der Waals surface area contributed by atoms with Gasteiger partial charge >= 0.3 is 0 Å². The van der Waals surface area contributed by atoms with Crippen LogP contribution in [-0.4, -0.2) is 44.2 Å². The molecule has 0 saturated heterocycles. The van der Waals surface area contributed by atoms with Crippen LogP contribution in [0.1, 0.15) is 17.3 Å². The van der Waals surface area contributed by atoms with Crippen molar-refractivity contribution in [3.05, 3.63) is 48.0 Å². The molecule has 1 atom stereocenters. The highest BCUT2D eigenvalue weighted by Gasteiger charge is 2.17. The number of nitrogens with zero attached hydrogens (tertiary/aromatic N) is 1. The largest absolute Gasteiger partial charge is 0.497 e. The predicted octanol–water partition coefficient (Wildman–Crippen LogP) is 2.22. The minimum absolute atomic E-state index is 0.0885. The molecule has 3 aromatic rings. The third-order valence-electron chi connectivity index (χ3n) is 3.89. The molecular weight excluding hydrogens is 402 g/mol. The molecule has 0 aliphatic carbocycles. The van der Waals surface area contributed by atoms with E-state index in [9.17, 15) is 13.2 Å². The van der Waals surface area contributed by atoms with Crippen molar-refractivity contribution in [2.45, 2.75) is 17.9 Å². The number of carbonyl (C=O) groups is 1. The maximum Gasteiger partial charge on any atom is 0.263 e. The summed E-state index contributed by atoms with van der Waals surface area (Å²) in [5.41, 5.74) is 0.977. The summed E-state index contributed by atoms with van der Waals surface area (Å²) in [5, 5.41) is 11.9. The highest BCUT2D eigenvalue weighted by atomic mass is 32.2. The summed E-state index contributed by atoms with van der Waals surface area (Å²) in [6, 6.07) is 10.5. The number of hydrogen-bond acceptors (Lipinski definition) is 7. The first-order valence-electron chi connectivity index (χ1n) is 8.31. The third kappa shape index (κ3) is 4.41. The molecule has 0 spiro atoms.